The first kappa shape index (κ1) is 60.7. The minimum atomic E-state index is 0. The Hall–Kier alpha value is -2.48. The number of nitrogen functional groups attached to an aromatic ring is 4. The molecule has 4 atom stereocenters. The largest absolute Gasteiger partial charge is 0.399 e. The minimum absolute atomic E-state index is 0. The highest BCUT2D eigenvalue weighted by Gasteiger charge is 1.84. The predicted octanol–water partition coefficient (Wildman–Crippen LogP) is 8.23. The molecule has 1 aromatic carbocycles. The third kappa shape index (κ3) is 41.7. The van der Waals surface area contributed by atoms with Crippen molar-refractivity contribution in [1.82, 2.24) is 19.9 Å². The van der Waals surface area contributed by atoms with E-state index in [-0.39, 0.29) is 39.6 Å². The standard InChI is InChI=1S/C7H9N.2C6H8N2.C5H7N3.4C2H6.4H3P/c1-6-2-4-7(8)5-3-6;1-5-2-3-6(7)4-8-5;1-5-2-3-6(7)8-4-5;1-4-2-7-5(6)8-3-4;4*1-2;;;;/h2-5H,8H2,1H3;2-4H,7H2,1H3;2-4H,1H3,(H2,7,8);2-3H,1H3,(H2,6,7,8);4*1-2H3;4*1H3. The molecule has 0 saturated carbocycles. The predicted molar refractivity (Wildman–Crippen MR) is 223 cm³/mol. The normalized spacial score (nSPS) is 7.18. The summed E-state index contributed by atoms with van der Waals surface area (Å²) in [5.41, 5.74) is 27.3. The van der Waals surface area contributed by atoms with E-state index in [1.807, 2.05) is 126 Å². The van der Waals surface area contributed by atoms with Crippen LogP contribution in [0.25, 0.3) is 0 Å². The van der Waals surface area contributed by atoms with E-state index in [1.54, 1.807) is 30.9 Å². The topological polar surface area (TPSA) is 156 Å². The molecular weight excluding hydrogens is 620 g/mol. The van der Waals surface area contributed by atoms with Crippen molar-refractivity contribution in [3.63, 3.8) is 0 Å². The maximum Gasteiger partial charge on any atom is 0.219 e. The Morgan fingerprint density at radius 1 is 0.386 bits per heavy atom. The van der Waals surface area contributed by atoms with Crippen molar-refractivity contribution in [1.29, 1.82) is 0 Å². The maximum atomic E-state index is 5.43. The summed E-state index contributed by atoms with van der Waals surface area (Å²) in [6, 6.07) is 15.2. The number of aryl methyl sites for hydroxylation is 4. The summed E-state index contributed by atoms with van der Waals surface area (Å²) in [5.74, 6) is 0.909. The Morgan fingerprint density at radius 3 is 1.05 bits per heavy atom. The molecule has 256 valence electrons. The van der Waals surface area contributed by atoms with Crippen molar-refractivity contribution in [2.45, 2.75) is 83.1 Å². The van der Waals surface area contributed by atoms with Crippen LogP contribution in [0.3, 0.4) is 0 Å². The number of nitrogens with zero attached hydrogens (tertiary/aromatic N) is 4. The van der Waals surface area contributed by atoms with Gasteiger partial charge in [0.1, 0.15) is 5.82 Å². The summed E-state index contributed by atoms with van der Waals surface area (Å²) in [5, 5.41) is 0. The fourth-order valence-corrected chi connectivity index (χ4v) is 1.93. The van der Waals surface area contributed by atoms with Crippen LogP contribution in [0.15, 0.2) is 73.3 Å². The van der Waals surface area contributed by atoms with Gasteiger partial charge in [-0.05, 0) is 69.2 Å². The SMILES string of the molecule is CC.CC.CC.CC.Cc1ccc(N)cc1.Cc1ccc(N)cn1.Cc1ccc(N)nc1.Cc1cnc(N)nc1.P.P.P.P. The Kier molecular flexibility index (Phi) is 62.0. The molecule has 0 bridgehead atoms. The average Bonchev–Trinajstić information content (AvgIpc) is 3.00. The van der Waals surface area contributed by atoms with Gasteiger partial charge in [-0.3, -0.25) is 4.98 Å². The van der Waals surface area contributed by atoms with Crippen molar-refractivity contribution in [3.8, 4) is 0 Å². The quantitative estimate of drug-likeness (QED) is 0.106. The highest BCUT2D eigenvalue weighted by atomic mass is 31.0. The van der Waals surface area contributed by atoms with Crippen molar-refractivity contribution in [2.24, 2.45) is 0 Å². The van der Waals surface area contributed by atoms with Gasteiger partial charge >= 0.3 is 0 Å². The molecule has 0 amide bonds. The Morgan fingerprint density at radius 2 is 0.773 bits per heavy atom. The van der Waals surface area contributed by atoms with E-state index >= 15 is 0 Å². The van der Waals surface area contributed by atoms with E-state index in [1.165, 1.54) is 5.56 Å². The second-order valence-corrected chi connectivity index (χ2v) is 7.02. The minimum Gasteiger partial charge on any atom is -0.399 e. The molecule has 0 spiro atoms. The zero-order chi connectivity index (χ0) is 31.9. The lowest BCUT2D eigenvalue weighted by atomic mass is 10.2. The van der Waals surface area contributed by atoms with E-state index in [2.05, 4.69) is 19.9 Å². The monoisotopic (exact) mass is 688 g/mol. The van der Waals surface area contributed by atoms with Gasteiger partial charge in [-0.2, -0.15) is 39.6 Å². The van der Waals surface area contributed by atoms with Gasteiger partial charge in [0.2, 0.25) is 5.95 Å². The van der Waals surface area contributed by atoms with Gasteiger partial charge in [0, 0.05) is 30.0 Å². The third-order valence-corrected chi connectivity index (χ3v) is 3.75. The second kappa shape index (κ2) is 45.0. The Bertz CT molecular complexity index is 778. The molecule has 0 saturated heterocycles. The van der Waals surface area contributed by atoms with Crippen LogP contribution in [0, 0.1) is 27.7 Å². The Labute approximate surface area is 283 Å². The summed E-state index contributed by atoms with van der Waals surface area (Å²) < 4.78 is 0. The molecule has 44 heavy (non-hydrogen) atoms. The fraction of sp³-hybridized carbons (Fsp3) is 0.375. The number of anilines is 4. The van der Waals surface area contributed by atoms with E-state index in [4.69, 9.17) is 22.9 Å². The van der Waals surface area contributed by atoms with Crippen LogP contribution in [0.4, 0.5) is 23.1 Å². The molecule has 0 radical (unpaired) electrons. The number of benzene rings is 1. The van der Waals surface area contributed by atoms with Gasteiger partial charge in [0.05, 0.1) is 11.9 Å². The van der Waals surface area contributed by atoms with Crippen LogP contribution in [-0.2, 0) is 0 Å². The van der Waals surface area contributed by atoms with Gasteiger partial charge in [0.25, 0.3) is 0 Å². The van der Waals surface area contributed by atoms with Gasteiger partial charge in [0.15, 0.2) is 0 Å². The summed E-state index contributed by atoms with van der Waals surface area (Å²) in [6.45, 7) is 23.9. The van der Waals surface area contributed by atoms with Crippen LogP contribution >= 0.6 is 39.6 Å². The van der Waals surface area contributed by atoms with Crippen molar-refractivity contribution in [3.05, 3.63) is 95.7 Å². The Balaban J connectivity index is -0.0000000590. The molecular formula is C32H68N8P4. The zero-order valence-electron chi connectivity index (χ0n) is 29.9. The lowest BCUT2D eigenvalue weighted by Crippen LogP contribution is -1.92. The molecule has 8 nitrogen and oxygen atoms in total. The highest BCUT2D eigenvalue weighted by Crippen LogP contribution is 2.02. The van der Waals surface area contributed by atoms with Crippen LogP contribution in [-0.4, -0.2) is 19.9 Å². The molecule has 0 aliphatic carbocycles. The molecule has 0 aliphatic rings. The summed E-state index contributed by atoms with van der Waals surface area (Å²) in [7, 11) is 0. The number of hydrogen-bond acceptors (Lipinski definition) is 8. The van der Waals surface area contributed by atoms with E-state index in [9.17, 15) is 0 Å². The highest BCUT2D eigenvalue weighted by molar-refractivity contribution is 6.92. The van der Waals surface area contributed by atoms with Crippen LogP contribution in [0.1, 0.15) is 77.8 Å². The number of rotatable bonds is 0. The van der Waals surface area contributed by atoms with E-state index < -0.39 is 0 Å². The first-order valence-corrected chi connectivity index (χ1v) is 13.9. The molecule has 4 rings (SSSR count). The van der Waals surface area contributed by atoms with Gasteiger partial charge in [-0.15, -0.1) is 0 Å². The second-order valence-electron chi connectivity index (χ2n) is 7.02. The van der Waals surface area contributed by atoms with Crippen molar-refractivity contribution in [2.75, 3.05) is 22.9 Å². The maximum absolute atomic E-state index is 5.43. The van der Waals surface area contributed by atoms with E-state index in [0.29, 0.717) is 11.8 Å². The number of hydrogen-bond donors (Lipinski definition) is 4. The van der Waals surface area contributed by atoms with Gasteiger partial charge in [-0.1, -0.05) is 79.2 Å². The lowest BCUT2D eigenvalue weighted by Gasteiger charge is -1.90. The summed E-state index contributed by atoms with van der Waals surface area (Å²) in [4.78, 5) is 15.3. The van der Waals surface area contributed by atoms with Crippen LogP contribution in [0.5, 0.6) is 0 Å². The number of aromatic nitrogens is 4. The molecule has 3 aromatic heterocycles. The molecule has 12 heteroatoms. The van der Waals surface area contributed by atoms with E-state index in [0.717, 1.165) is 28.2 Å². The first-order valence-electron chi connectivity index (χ1n) is 13.9. The molecule has 4 aromatic rings. The van der Waals surface area contributed by atoms with Gasteiger partial charge in [-0.25, -0.2) is 15.0 Å². The van der Waals surface area contributed by atoms with Crippen LogP contribution < -0.4 is 22.9 Å². The smallest absolute Gasteiger partial charge is 0.219 e. The van der Waals surface area contributed by atoms with Crippen LogP contribution in [0.2, 0.25) is 0 Å². The zero-order valence-corrected chi connectivity index (χ0v) is 35.5. The first-order chi connectivity index (χ1) is 19.2. The summed E-state index contributed by atoms with van der Waals surface area (Å²) in [6.07, 6.45) is 6.76. The average molecular weight is 689 g/mol. The summed E-state index contributed by atoms with van der Waals surface area (Å²) >= 11 is 0. The molecule has 0 aliphatic heterocycles. The van der Waals surface area contributed by atoms with Gasteiger partial charge < -0.3 is 22.9 Å². The number of nitrogens with two attached hydrogens (primary N) is 4. The molecule has 8 N–H and O–H groups in total. The van der Waals surface area contributed by atoms with Crippen molar-refractivity contribution >= 4 is 62.7 Å². The lowest BCUT2D eigenvalue weighted by molar-refractivity contribution is 1.15. The number of pyridine rings is 2. The van der Waals surface area contributed by atoms with Crippen molar-refractivity contribution < 1.29 is 0 Å². The third-order valence-electron chi connectivity index (χ3n) is 3.75. The molecule has 4 unspecified atom stereocenters. The fourth-order valence-electron chi connectivity index (χ4n) is 1.93. The molecule has 3 heterocycles. The molecule has 0 fully saturated rings.